The summed E-state index contributed by atoms with van der Waals surface area (Å²) in [6.07, 6.45) is 1.41. The van der Waals surface area contributed by atoms with Gasteiger partial charge in [-0.2, -0.15) is 5.26 Å². The number of rotatable bonds is 4. The molecule has 22 heavy (non-hydrogen) atoms. The number of ether oxygens (including phenoxy) is 1. The molecular formula is C17H12ClNO3. The fraction of sp³-hybridized carbons (Fsp3) is 0.0588. The number of methoxy groups -OCH3 is 1. The molecule has 4 nitrogen and oxygen atoms in total. The van der Waals surface area contributed by atoms with E-state index in [1.54, 1.807) is 30.3 Å². The first-order chi connectivity index (χ1) is 10.6. The van der Waals surface area contributed by atoms with Crippen molar-refractivity contribution in [2.45, 2.75) is 0 Å². The second-order valence-electron chi connectivity index (χ2n) is 4.42. The fourth-order valence-electron chi connectivity index (χ4n) is 1.89. The number of Topliss-reactive ketones (excluding diaryl/α,β-unsaturated/α-hetero) is 1. The van der Waals surface area contributed by atoms with Gasteiger partial charge in [-0.1, -0.05) is 41.9 Å². The van der Waals surface area contributed by atoms with Crippen LogP contribution in [0.5, 0.6) is 11.5 Å². The minimum absolute atomic E-state index is 0.0324. The molecule has 0 unspecified atom stereocenters. The minimum Gasteiger partial charge on any atom is -0.503 e. The highest BCUT2D eigenvalue weighted by molar-refractivity contribution is 6.32. The first-order valence-electron chi connectivity index (χ1n) is 6.35. The van der Waals surface area contributed by atoms with Crippen LogP contribution in [0.4, 0.5) is 0 Å². The lowest BCUT2D eigenvalue weighted by Gasteiger charge is -2.07. The predicted octanol–water partition coefficient (Wildman–Crippen LogP) is 3.84. The molecule has 0 spiro atoms. The summed E-state index contributed by atoms with van der Waals surface area (Å²) in [5.74, 6) is -0.399. The first kappa shape index (κ1) is 15.6. The second-order valence-corrected chi connectivity index (χ2v) is 4.83. The summed E-state index contributed by atoms with van der Waals surface area (Å²) >= 11 is 5.89. The Balaban J connectivity index is 2.44. The third-order valence-electron chi connectivity index (χ3n) is 2.98. The van der Waals surface area contributed by atoms with Gasteiger partial charge < -0.3 is 9.84 Å². The SMILES string of the molecule is COc1cc(C=C(C#N)C(=O)c2ccccc2)cc(Cl)c1O. The Morgan fingerprint density at radius 3 is 2.59 bits per heavy atom. The van der Waals surface area contributed by atoms with Crippen molar-refractivity contribution in [1.29, 1.82) is 5.26 Å². The largest absolute Gasteiger partial charge is 0.503 e. The highest BCUT2D eigenvalue weighted by atomic mass is 35.5. The lowest BCUT2D eigenvalue weighted by molar-refractivity contribution is 0.104. The lowest BCUT2D eigenvalue weighted by atomic mass is 10.0. The molecule has 2 aromatic rings. The Morgan fingerprint density at radius 2 is 2.00 bits per heavy atom. The average Bonchev–Trinajstić information content (AvgIpc) is 2.55. The van der Waals surface area contributed by atoms with Crippen LogP contribution in [0.3, 0.4) is 0 Å². The van der Waals surface area contributed by atoms with E-state index in [-0.39, 0.29) is 27.9 Å². The maximum Gasteiger partial charge on any atom is 0.203 e. The van der Waals surface area contributed by atoms with Crippen molar-refractivity contribution < 1.29 is 14.6 Å². The van der Waals surface area contributed by atoms with Gasteiger partial charge in [0.1, 0.15) is 11.6 Å². The number of nitriles is 1. The number of benzene rings is 2. The zero-order valence-corrected chi connectivity index (χ0v) is 12.5. The summed E-state index contributed by atoms with van der Waals surface area (Å²) in [6, 6.07) is 13.3. The van der Waals surface area contributed by atoms with Gasteiger partial charge >= 0.3 is 0 Å². The highest BCUT2D eigenvalue weighted by Crippen LogP contribution is 2.35. The summed E-state index contributed by atoms with van der Waals surface area (Å²) in [6.45, 7) is 0. The number of allylic oxidation sites excluding steroid dienone is 1. The van der Waals surface area contributed by atoms with E-state index < -0.39 is 0 Å². The van der Waals surface area contributed by atoms with Gasteiger partial charge in [-0.25, -0.2) is 0 Å². The Labute approximate surface area is 132 Å². The zero-order chi connectivity index (χ0) is 16.1. The first-order valence-corrected chi connectivity index (χ1v) is 6.72. The highest BCUT2D eigenvalue weighted by Gasteiger charge is 2.13. The molecule has 0 saturated carbocycles. The van der Waals surface area contributed by atoms with Gasteiger partial charge in [-0.05, 0) is 23.8 Å². The monoisotopic (exact) mass is 313 g/mol. The number of hydrogen-bond donors (Lipinski definition) is 1. The van der Waals surface area contributed by atoms with Crippen molar-refractivity contribution in [2.24, 2.45) is 0 Å². The lowest BCUT2D eigenvalue weighted by Crippen LogP contribution is -2.01. The van der Waals surface area contributed by atoms with Crippen LogP contribution >= 0.6 is 11.6 Å². The molecule has 5 heteroatoms. The van der Waals surface area contributed by atoms with Gasteiger partial charge in [-0.15, -0.1) is 0 Å². The van der Waals surface area contributed by atoms with Crippen LogP contribution in [0.1, 0.15) is 15.9 Å². The van der Waals surface area contributed by atoms with Crippen molar-refractivity contribution in [1.82, 2.24) is 0 Å². The quantitative estimate of drug-likeness (QED) is 0.529. The zero-order valence-electron chi connectivity index (χ0n) is 11.7. The molecule has 2 aromatic carbocycles. The Hall–Kier alpha value is -2.77. The normalized spacial score (nSPS) is 10.9. The molecule has 0 aliphatic rings. The molecule has 0 aromatic heterocycles. The molecule has 0 radical (unpaired) electrons. The third-order valence-corrected chi connectivity index (χ3v) is 3.27. The molecule has 0 amide bonds. The van der Waals surface area contributed by atoms with Crippen LogP contribution < -0.4 is 4.74 Å². The molecular weight excluding hydrogens is 302 g/mol. The molecule has 0 atom stereocenters. The second kappa shape index (κ2) is 6.79. The number of halogens is 1. The van der Waals surface area contributed by atoms with Gasteiger partial charge in [-0.3, -0.25) is 4.79 Å². The predicted molar refractivity (Wildman–Crippen MR) is 84.0 cm³/mol. The number of phenolic OH excluding ortho intramolecular Hbond substituents is 1. The van der Waals surface area contributed by atoms with E-state index in [2.05, 4.69) is 0 Å². The Morgan fingerprint density at radius 1 is 1.32 bits per heavy atom. The number of aromatic hydroxyl groups is 1. The van der Waals surface area contributed by atoms with E-state index in [4.69, 9.17) is 16.3 Å². The Bertz CT molecular complexity index is 776. The number of phenols is 1. The van der Waals surface area contributed by atoms with Gasteiger partial charge in [0.15, 0.2) is 11.5 Å². The van der Waals surface area contributed by atoms with E-state index in [9.17, 15) is 15.2 Å². The summed E-state index contributed by atoms with van der Waals surface area (Å²) in [5, 5.41) is 19.0. The molecule has 0 aliphatic carbocycles. The van der Waals surface area contributed by atoms with Crippen molar-refractivity contribution in [3.05, 3.63) is 64.2 Å². The number of ketones is 1. The summed E-state index contributed by atoms with van der Waals surface area (Å²) in [7, 11) is 1.39. The molecule has 0 heterocycles. The van der Waals surface area contributed by atoms with Gasteiger partial charge in [0.2, 0.25) is 5.78 Å². The number of hydrogen-bond acceptors (Lipinski definition) is 4. The molecule has 2 rings (SSSR count). The standard InChI is InChI=1S/C17H12ClNO3/c1-22-15-9-11(8-14(18)17(15)21)7-13(10-19)16(20)12-5-3-2-4-6-12/h2-9,21H,1H3. The third kappa shape index (κ3) is 3.27. The minimum atomic E-state index is -0.383. The fourth-order valence-corrected chi connectivity index (χ4v) is 2.11. The summed E-state index contributed by atoms with van der Waals surface area (Å²) in [5.41, 5.74) is 0.877. The number of carbonyl (C=O) groups is 1. The van der Waals surface area contributed by atoms with E-state index in [0.717, 1.165) is 0 Å². The van der Waals surface area contributed by atoms with Gasteiger partial charge in [0, 0.05) is 5.56 Å². The van der Waals surface area contributed by atoms with Crippen LogP contribution in [0, 0.1) is 11.3 Å². The van der Waals surface area contributed by atoms with Crippen molar-refractivity contribution >= 4 is 23.5 Å². The maximum atomic E-state index is 12.3. The summed E-state index contributed by atoms with van der Waals surface area (Å²) in [4.78, 5) is 12.3. The van der Waals surface area contributed by atoms with Crippen molar-refractivity contribution in [3.8, 4) is 17.6 Å². The Kier molecular flexibility index (Phi) is 4.82. The molecule has 0 bridgehead atoms. The average molecular weight is 314 g/mol. The molecule has 0 fully saturated rings. The number of carbonyl (C=O) groups excluding carboxylic acids is 1. The van der Waals surface area contributed by atoms with E-state index in [0.29, 0.717) is 11.1 Å². The molecule has 110 valence electrons. The van der Waals surface area contributed by atoms with Crippen molar-refractivity contribution in [2.75, 3.05) is 7.11 Å². The van der Waals surface area contributed by atoms with Crippen LogP contribution in [0.2, 0.25) is 5.02 Å². The summed E-state index contributed by atoms with van der Waals surface area (Å²) < 4.78 is 5.00. The van der Waals surface area contributed by atoms with Crippen LogP contribution in [0.25, 0.3) is 6.08 Å². The van der Waals surface area contributed by atoms with Crippen molar-refractivity contribution in [3.63, 3.8) is 0 Å². The maximum absolute atomic E-state index is 12.3. The topological polar surface area (TPSA) is 70.3 Å². The molecule has 0 aliphatic heterocycles. The smallest absolute Gasteiger partial charge is 0.203 e. The van der Waals surface area contributed by atoms with E-state index >= 15 is 0 Å². The van der Waals surface area contributed by atoms with E-state index in [1.807, 2.05) is 6.07 Å². The van der Waals surface area contributed by atoms with E-state index in [1.165, 1.54) is 25.3 Å². The van der Waals surface area contributed by atoms with Crippen LogP contribution in [0.15, 0.2) is 48.0 Å². The molecule has 0 saturated heterocycles. The van der Waals surface area contributed by atoms with Crippen LogP contribution in [-0.2, 0) is 0 Å². The van der Waals surface area contributed by atoms with Crippen LogP contribution in [-0.4, -0.2) is 18.0 Å². The number of nitrogens with zero attached hydrogens (tertiary/aromatic N) is 1. The van der Waals surface area contributed by atoms with Gasteiger partial charge in [0.05, 0.1) is 12.1 Å². The molecule has 1 N–H and O–H groups in total. The van der Waals surface area contributed by atoms with Gasteiger partial charge in [0.25, 0.3) is 0 Å².